The number of aromatic nitrogens is 2. The highest BCUT2D eigenvalue weighted by atomic mass is 16.2. The van der Waals surface area contributed by atoms with Gasteiger partial charge in [0.05, 0.1) is 0 Å². The Morgan fingerprint density at radius 1 is 0.852 bits per heavy atom. The molecule has 1 aliphatic heterocycles. The van der Waals surface area contributed by atoms with Gasteiger partial charge in [-0.1, -0.05) is 18.2 Å². The maximum absolute atomic E-state index is 12.6. The van der Waals surface area contributed by atoms with E-state index in [1.54, 1.807) is 6.20 Å². The SMILES string of the molecule is O=C1CCN(Cc2cccnc2)CCN1Cc1ccc(-n2cccc2)cc1. The Labute approximate surface area is 159 Å². The van der Waals surface area contributed by atoms with E-state index in [-0.39, 0.29) is 5.91 Å². The normalized spacial score (nSPS) is 15.7. The van der Waals surface area contributed by atoms with E-state index in [0.717, 1.165) is 31.9 Å². The molecule has 0 bridgehead atoms. The van der Waals surface area contributed by atoms with Crippen molar-refractivity contribution in [2.24, 2.45) is 0 Å². The Morgan fingerprint density at radius 3 is 2.41 bits per heavy atom. The number of nitrogens with zero attached hydrogens (tertiary/aromatic N) is 4. The van der Waals surface area contributed by atoms with Crippen LogP contribution >= 0.6 is 0 Å². The number of hydrogen-bond acceptors (Lipinski definition) is 3. The molecule has 0 N–H and O–H groups in total. The maximum Gasteiger partial charge on any atom is 0.224 e. The van der Waals surface area contributed by atoms with Crippen LogP contribution in [-0.4, -0.2) is 44.9 Å². The lowest BCUT2D eigenvalue weighted by molar-refractivity contribution is -0.130. The molecule has 1 fully saturated rings. The molecule has 0 unspecified atom stereocenters. The summed E-state index contributed by atoms with van der Waals surface area (Å²) in [5.41, 5.74) is 3.49. The minimum absolute atomic E-state index is 0.234. The predicted molar refractivity (Wildman–Crippen MR) is 105 cm³/mol. The van der Waals surface area contributed by atoms with E-state index < -0.39 is 0 Å². The predicted octanol–water partition coefficient (Wildman–Crippen LogP) is 3.11. The first-order valence-corrected chi connectivity index (χ1v) is 9.39. The Kier molecular flexibility index (Phi) is 5.30. The van der Waals surface area contributed by atoms with Gasteiger partial charge in [-0.25, -0.2) is 0 Å². The van der Waals surface area contributed by atoms with Crippen LogP contribution in [0.4, 0.5) is 0 Å². The number of rotatable bonds is 5. The molecule has 2 aromatic heterocycles. The van der Waals surface area contributed by atoms with Crippen LogP contribution in [0.15, 0.2) is 73.3 Å². The zero-order valence-corrected chi connectivity index (χ0v) is 15.4. The number of pyridine rings is 1. The Balaban J connectivity index is 1.37. The van der Waals surface area contributed by atoms with Crippen molar-refractivity contribution in [1.82, 2.24) is 19.4 Å². The summed E-state index contributed by atoms with van der Waals surface area (Å²) in [5, 5.41) is 0. The molecule has 0 spiro atoms. The molecule has 0 saturated carbocycles. The summed E-state index contributed by atoms with van der Waals surface area (Å²) in [6, 6.07) is 16.5. The zero-order chi connectivity index (χ0) is 18.5. The van der Waals surface area contributed by atoms with Gasteiger partial charge in [-0.2, -0.15) is 0 Å². The van der Waals surface area contributed by atoms with Crippen LogP contribution in [0.2, 0.25) is 0 Å². The highest BCUT2D eigenvalue weighted by Gasteiger charge is 2.21. The lowest BCUT2D eigenvalue weighted by Gasteiger charge is -2.22. The van der Waals surface area contributed by atoms with E-state index >= 15 is 0 Å². The lowest BCUT2D eigenvalue weighted by Crippen LogP contribution is -2.32. The van der Waals surface area contributed by atoms with Gasteiger partial charge in [0.1, 0.15) is 0 Å². The molecule has 4 rings (SSSR count). The zero-order valence-electron chi connectivity index (χ0n) is 15.4. The standard InChI is InChI=1S/C22H24N4O/c27-22-9-13-24(17-20-4-3-10-23-16-20)14-15-26(22)18-19-5-7-21(8-6-19)25-11-1-2-12-25/h1-8,10-12,16H,9,13-15,17-18H2. The molecule has 1 saturated heterocycles. The number of amides is 1. The van der Waals surface area contributed by atoms with E-state index in [1.165, 1.54) is 11.1 Å². The van der Waals surface area contributed by atoms with Gasteiger partial charge < -0.3 is 9.47 Å². The van der Waals surface area contributed by atoms with Crippen molar-refractivity contribution in [2.75, 3.05) is 19.6 Å². The summed E-state index contributed by atoms with van der Waals surface area (Å²) in [7, 11) is 0. The minimum Gasteiger partial charge on any atom is -0.337 e. The van der Waals surface area contributed by atoms with Crippen LogP contribution in [0.5, 0.6) is 0 Å². The molecular weight excluding hydrogens is 336 g/mol. The number of carbonyl (C=O) groups excluding carboxylic acids is 1. The second-order valence-electron chi connectivity index (χ2n) is 6.96. The summed E-state index contributed by atoms with van der Waals surface area (Å²) in [6.45, 7) is 3.98. The first-order chi connectivity index (χ1) is 13.3. The Bertz CT molecular complexity index is 859. The van der Waals surface area contributed by atoms with E-state index in [0.29, 0.717) is 13.0 Å². The van der Waals surface area contributed by atoms with Gasteiger partial charge in [0.2, 0.25) is 5.91 Å². The molecule has 0 aliphatic carbocycles. The molecule has 1 aliphatic rings. The fraction of sp³-hybridized carbons (Fsp3) is 0.273. The lowest BCUT2D eigenvalue weighted by atomic mass is 10.2. The molecule has 27 heavy (non-hydrogen) atoms. The first kappa shape index (κ1) is 17.5. The second kappa shape index (κ2) is 8.18. The smallest absolute Gasteiger partial charge is 0.224 e. The number of carbonyl (C=O) groups is 1. The monoisotopic (exact) mass is 360 g/mol. The minimum atomic E-state index is 0.234. The van der Waals surface area contributed by atoms with Gasteiger partial charge in [0.15, 0.2) is 0 Å². The third-order valence-corrected chi connectivity index (χ3v) is 5.02. The average Bonchev–Trinajstić information content (AvgIpc) is 3.19. The van der Waals surface area contributed by atoms with Crippen molar-refractivity contribution in [3.63, 3.8) is 0 Å². The van der Waals surface area contributed by atoms with Crippen LogP contribution < -0.4 is 0 Å². The molecule has 3 heterocycles. The molecule has 138 valence electrons. The second-order valence-corrected chi connectivity index (χ2v) is 6.96. The van der Waals surface area contributed by atoms with Crippen LogP contribution in [0.3, 0.4) is 0 Å². The van der Waals surface area contributed by atoms with Crippen molar-refractivity contribution < 1.29 is 4.79 Å². The van der Waals surface area contributed by atoms with Gasteiger partial charge in [-0.15, -0.1) is 0 Å². The van der Waals surface area contributed by atoms with Gasteiger partial charge >= 0.3 is 0 Å². The van der Waals surface area contributed by atoms with Crippen molar-refractivity contribution in [3.8, 4) is 5.69 Å². The molecule has 0 atom stereocenters. The van der Waals surface area contributed by atoms with E-state index in [2.05, 4.69) is 44.8 Å². The molecule has 5 heteroatoms. The molecular formula is C22H24N4O. The topological polar surface area (TPSA) is 41.4 Å². The van der Waals surface area contributed by atoms with Gasteiger partial charge in [0, 0.05) is 69.6 Å². The highest BCUT2D eigenvalue weighted by molar-refractivity contribution is 5.76. The first-order valence-electron chi connectivity index (χ1n) is 9.39. The maximum atomic E-state index is 12.6. The van der Waals surface area contributed by atoms with Crippen molar-refractivity contribution in [3.05, 3.63) is 84.4 Å². The van der Waals surface area contributed by atoms with Crippen LogP contribution in [0.1, 0.15) is 17.5 Å². The Hall–Kier alpha value is -2.92. The molecule has 1 amide bonds. The quantitative estimate of drug-likeness (QED) is 0.702. The summed E-state index contributed by atoms with van der Waals surface area (Å²) in [6.07, 6.45) is 8.33. The Morgan fingerprint density at radius 2 is 1.67 bits per heavy atom. The highest BCUT2D eigenvalue weighted by Crippen LogP contribution is 2.15. The van der Waals surface area contributed by atoms with Gasteiger partial charge in [-0.3, -0.25) is 14.7 Å². The van der Waals surface area contributed by atoms with E-state index in [9.17, 15) is 4.79 Å². The van der Waals surface area contributed by atoms with E-state index in [1.807, 2.05) is 41.7 Å². The summed E-state index contributed by atoms with van der Waals surface area (Å²) >= 11 is 0. The third kappa shape index (κ3) is 4.44. The van der Waals surface area contributed by atoms with Crippen molar-refractivity contribution in [2.45, 2.75) is 19.5 Å². The molecule has 3 aromatic rings. The number of benzene rings is 1. The van der Waals surface area contributed by atoms with Crippen LogP contribution in [0.25, 0.3) is 5.69 Å². The van der Waals surface area contributed by atoms with Crippen molar-refractivity contribution >= 4 is 5.91 Å². The summed E-state index contributed by atoms with van der Waals surface area (Å²) < 4.78 is 2.08. The number of hydrogen-bond donors (Lipinski definition) is 0. The van der Waals surface area contributed by atoms with Crippen molar-refractivity contribution in [1.29, 1.82) is 0 Å². The molecule has 0 radical (unpaired) electrons. The molecule has 5 nitrogen and oxygen atoms in total. The summed E-state index contributed by atoms with van der Waals surface area (Å²) in [5.74, 6) is 0.234. The van der Waals surface area contributed by atoms with Crippen LogP contribution in [-0.2, 0) is 17.9 Å². The van der Waals surface area contributed by atoms with E-state index in [4.69, 9.17) is 0 Å². The fourth-order valence-corrected chi connectivity index (χ4v) is 3.49. The van der Waals surface area contributed by atoms with Crippen LogP contribution in [0, 0.1) is 0 Å². The largest absolute Gasteiger partial charge is 0.337 e. The van der Waals surface area contributed by atoms with Gasteiger partial charge in [-0.05, 0) is 41.5 Å². The molecule has 1 aromatic carbocycles. The summed E-state index contributed by atoms with van der Waals surface area (Å²) in [4.78, 5) is 21.0. The average molecular weight is 360 g/mol. The van der Waals surface area contributed by atoms with Gasteiger partial charge in [0.25, 0.3) is 0 Å². The third-order valence-electron chi connectivity index (χ3n) is 5.02. The fourth-order valence-electron chi connectivity index (χ4n) is 3.49.